The fraction of sp³-hybridized carbons (Fsp3) is 0.429. The van der Waals surface area contributed by atoms with Crippen LogP contribution < -0.4 is 0 Å². The Labute approximate surface area is 110 Å². The molecule has 19 heavy (non-hydrogen) atoms. The summed E-state index contributed by atoms with van der Waals surface area (Å²) in [6, 6.07) is 7.25. The van der Waals surface area contributed by atoms with Crippen molar-refractivity contribution >= 4 is 5.97 Å². The molecular formula is C14H15F2NO2. The van der Waals surface area contributed by atoms with Crippen molar-refractivity contribution in [2.24, 2.45) is 5.92 Å². The van der Waals surface area contributed by atoms with Gasteiger partial charge in [0.1, 0.15) is 0 Å². The fourth-order valence-electron chi connectivity index (χ4n) is 1.73. The number of halogens is 2. The van der Waals surface area contributed by atoms with E-state index < -0.39 is 17.8 Å². The van der Waals surface area contributed by atoms with Crippen molar-refractivity contribution in [2.45, 2.75) is 26.2 Å². The minimum atomic E-state index is -3.25. The molecule has 0 amide bonds. The second-order valence-electron chi connectivity index (χ2n) is 4.19. The zero-order valence-electron chi connectivity index (χ0n) is 10.8. The summed E-state index contributed by atoms with van der Waals surface area (Å²) in [6.07, 6.45) is -0.388. The van der Waals surface area contributed by atoms with Crippen LogP contribution in [0.15, 0.2) is 24.3 Å². The normalized spacial score (nSPS) is 12.6. The average Bonchev–Trinajstić information content (AvgIpc) is 2.38. The number of carbonyl (C=O) groups excluding carboxylic acids is 1. The third-order valence-electron chi connectivity index (χ3n) is 2.80. The highest BCUT2D eigenvalue weighted by Crippen LogP contribution is 2.39. The molecule has 0 N–H and O–H groups in total. The van der Waals surface area contributed by atoms with Crippen molar-refractivity contribution in [3.63, 3.8) is 0 Å². The molecule has 1 rings (SSSR count). The number of nitrogens with zero attached hydrogens (tertiary/aromatic N) is 1. The zero-order valence-corrected chi connectivity index (χ0v) is 10.8. The minimum absolute atomic E-state index is 0.0804. The van der Waals surface area contributed by atoms with Crippen LogP contribution in [0.4, 0.5) is 8.78 Å². The first-order chi connectivity index (χ1) is 8.93. The molecule has 0 radical (unpaired) electrons. The molecule has 0 aromatic heterocycles. The summed E-state index contributed by atoms with van der Waals surface area (Å²) in [5, 5.41) is 8.85. The van der Waals surface area contributed by atoms with Gasteiger partial charge in [-0.25, -0.2) is 8.78 Å². The minimum Gasteiger partial charge on any atom is -0.466 e. The van der Waals surface area contributed by atoms with E-state index in [1.54, 1.807) is 13.0 Å². The molecule has 0 aliphatic heterocycles. The average molecular weight is 267 g/mol. The largest absolute Gasteiger partial charge is 0.466 e. The van der Waals surface area contributed by atoms with Gasteiger partial charge in [0.05, 0.1) is 24.7 Å². The number of nitriles is 1. The first kappa shape index (κ1) is 15.1. The van der Waals surface area contributed by atoms with E-state index in [9.17, 15) is 13.6 Å². The summed E-state index contributed by atoms with van der Waals surface area (Å²) < 4.78 is 33.1. The second-order valence-corrected chi connectivity index (χ2v) is 4.19. The Morgan fingerprint density at radius 2 is 2.11 bits per heavy atom. The maximum atomic E-state index is 14.2. The predicted octanol–water partition coefficient (Wildman–Crippen LogP) is 3.24. The molecule has 3 nitrogen and oxygen atoms in total. The maximum absolute atomic E-state index is 14.2. The first-order valence-corrected chi connectivity index (χ1v) is 5.96. The highest BCUT2D eigenvalue weighted by atomic mass is 19.3. The molecule has 0 saturated carbocycles. The van der Waals surface area contributed by atoms with Crippen molar-refractivity contribution in [2.75, 3.05) is 6.61 Å². The third-order valence-corrected chi connectivity index (χ3v) is 2.80. The van der Waals surface area contributed by atoms with E-state index in [2.05, 4.69) is 4.74 Å². The van der Waals surface area contributed by atoms with Gasteiger partial charge < -0.3 is 4.74 Å². The summed E-state index contributed by atoms with van der Waals surface area (Å²) in [5.74, 6) is -5.15. The Morgan fingerprint density at radius 3 is 2.68 bits per heavy atom. The van der Waals surface area contributed by atoms with Gasteiger partial charge in [-0.1, -0.05) is 25.1 Å². The van der Waals surface area contributed by atoms with Gasteiger partial charge >= 0.3 is 5.97 Å². The van der Waals surface area contributed by atoms with E-state index in [-0.39, 0.29) is 24.2 Å². The van der Waals surface area contributed by atoms with Crippen LogP contribution in [0, 0.1) is 17.2 Å². The Balaban J connectivity index is 2.96. The lowest BCUT2D eigenvalue weighted by Crippen LogP contribution is -2.27. The van der Waals surface area contributed by atoms with Crippen molar-refractivity contribution in [3.8, 4) is 6.07 Å². The lowest BCUT2D eigenvalue weighted by Gasteiger charge is -2.24. The SMILES string of the molecule is CCOC(=O)CC(C)C(F)(F)c1ccccc1C#N. The zero-order chi connectivity index (χ0) is 14.5. The molecule has 0 spiro atoms. The molecule has 1 aromatic rings. The van der Waals surface area contributed by atoms with E-state index >= 15 is 0 Å². The summed E-state index contributed by atoms with van der Waals surface area (Å²) in [4.78, 5) is 11.3. The van der Waals surface area contributed by atoms with Crippen LogP contribution in [-0.4, -0.2) is 12.6 Å². The Kier molecular flexibility index (Phi) is 4.99. The number of rotatable bonds is 5. The van der Waals surface area contributed by atoms with Gasteiger partial charge in [0.15, 0.2) is 0 Å². The standard InChI is InChI=1S/C14H15F2NO2/c1-3-19-13(18)8-10(2)14(15,16)12-7-5-4-6-11(12)9-17/h4-7,10H,3,8H2,1-2H3. The number of hydrogen-bond acceptors (Lipinski definition) is 3. The highest BCUT2D eigenvalue weighted by molar-refractivity contribution is 5.69. The van der Waals surface area contributed by atoms with E-state index in [0.29, 0.717) is 0 Å². The molecule has 1 aromatic carbocycles. The highest BCUT2D eigenvalue weighted by Gasteiger charge is 2.41. The molecule has 0 aliphatic rings. The lowest BCUT2D eigenvalue weighted by atomic mass is 9.90. The molecule has 0 heterocycles. The lowest BCUT2D eigenvalue weighted by molar-refractivity contribution is -0.149. The molecule has 0 fully saturated rings. The van der Waals surface area contributed by atoms with Crippen molar-refractivity contribution < 1.29 is 18.3 Å². The monoisotopic (exact) mass is 267 g/mol. The van der Waals surface area contributed by atoms with Gasteiger partial charge in [0, 0.05) is 11.5 Å². The smallest absolute Gasteiger partial charge is 0.306 e. The Morgan fingerprint density at radius 1 is 1.47 bits per heavy atom. The summed E-state index contributed by atoms with van der Waals surface area (Å²) in [5.41, 5.74) is -0.433. The third kappa shape index (κ3) is 3.50. The van der Waals surface area contributed by atoms with Crippen LogP contribution >= 0.6 is 0 Å². The van der Waals surface area contributed by atoms with Crippen molar-refractivity contribution in [3.05, 3.63) is 35.4 Å². The number of carbonyl (C=O) groups is 1. The Hall–Kier alpha value is -1.96. The van der Waals surface area contributed by atoms with Crippen LogP contribution in [-0.2, 0) is 15.5 Å². The van der Waals surface area contributed by atoms with Crippen molar-refractivity contribution in [1.82, 2.24) is 0 Å². The number of benzene rings is 1. The number of hydrogen-bond donors (Lipinski definition) is 0. The Bertz CT molecular complexity index is 494. The van der Waals surface area contributed by atoms with Gasteiger partial charge in [0.2, 0.25) is 0 Å². The molecule has 0 aliphatic carbocycles. The fourth-order valence-corrected chi connectivity index (χ4v) is 1.73. The van der Waals surface area contributed by atoms with Gasteiger partial charge in [-0.05, 0) is 13.0 Å². The first-order valence-electron chi connectivity index (χ1n) is 5.96. The van der Waals surface area contributed by atoms with Crippen LogP contribution in [0.1, 0.15) is 31.4 Å². The van der Waals surface area contributed by atoms with E-state index in [4.69, 9.17) is 5.26 Å². The van der Waals surface area contributed by atoms with Gasteiger partial charge in [-0.15, -0.1) is 0 Å². The summed E-state index contributed by atoms with van der Waals surface area (Å²) in [6.45, 7) is 3.04. The van der Waals surface area contributed by atoms with Crippen molar-refractivity contribution in [1.29, 1.82) is 5.26 Å². The predicted molar refractivity (Wildman–Crippen MR) is 65.5 cm³/mol. The number of ether oxygens (including phenoxy) is 1. The van der Waals surface area contributed by atoms with Gasteiger partial charge in [-0.3, -0.25) is 4.79 Å². The summed E-state index contributed by atoms with van der Waals surface area (Å²) >= 11 is 0. The van der Waals surface area contributed by atoms with Gasteiger partial charge in [0.25, 0.3) is 5.92 Å². The molecule has 0 saturated heterocycles. The van der Waals surface area contributed by atoms with E-state index in [1.165, 1.54) is 31.2 Å². The van der Waals surface area contributed by atoms with E-state index in [0.717, 1.165) is 0 Å². The summed E-state index contributed by atoms with van der Waals surface area (Å²) in [7, 11) is 0. The van der Waals surface area contributed by atoms with Gasteiger partial charge in [-0.2, -0.15) is 5.26 Å². The molecule has 1 atom stereocenters. The number of alkyl halides is 2. The number of esters is 1. The van der Waals surface area contributed by atoms with Crippen LogP contribution in [0.5, 0.6) is 0 Å². The molecular weight excluding hydrogens is 252 g/mol. The molecule has 1 unspecified atom stereocenters. The molecule has 102 valence electrons. The molecule has 0 bridgehead atoms. The van der Waals surface area contributed by atoms with E-state index in [1.807, 2.05) is 0 Å². The second kappa shape index (κ2) is 6.28. The van der Waals surface area contributed by atoms with Crippen LogP contribution in [0.25, 0.3) is 0 Å². The molecule has 5 heteroatoms. The van der Waals surface area contributed by atoms with Crippen LogP contribution in [0.3, 0.4) is 0 Å². The quantitative estimate of drug-likeness (QED) is 0.769. The van der Waals surface area contributed by atoms with Crippen LogP contribution in [0.2, 0.25) is 0 Å². The maximum Gasteiger partial charge on any atom is 0.306 e. The topological polar surface area (TPSA) is 50.1 Å².